The molecule has 1 aliphatic rings. The van der Waals surface area contributed by atoms with Gasteiger partial charge in [-0.1, -0.05) is 57.8 Å². The molecule has 0 saturated heterocycles. The van der Waals surface area contributed by atoms with Crippen LogP contribution in [0.4, 0.5) is 0 Å². The van der Waals surface area contributed by atoms with Crippen LogP contribution in [0, 0.1) is 5.41 Å². The van der Waals surface area contributed by atoms with Gasteiger partial charge in [-0.05, 0) is 43.9 Å². The second kappa shape index (κ2) is 7.66. The highest BCUT2D eigenvalue weighted by Crippen LogP contribution is 2.47. The molecule has 0 unspecified atom stereocenters. The monoisotopic (exact) mass is 249 g/mol. The van der Waals surface area contributed by atoms with Crippen LogP contribution in [-0.2, 0) is 0 Å². The summed E-state index contributed by atoms with van der Waals surface area (Å²) >= 11 is 0. The zero-order valence-electron chi connectivity index (χ0n) is 12.3. The van der Waals surface area contributed by atoms with Crippen LogP contribution in [0.15, 0.2) is 24.4 Å². The first-order chi connectivity index (χ1) is 8.58. The van der Waals surface area contributed by atoms with Gasteiger partial charge in [0, 0.05) is 5.70 Å². The Kier molecular flexibility index (Phi) is 6.52. The molecule has 0 aromatic heterocycles. The van der Waals surface area contributed by atoms with E-state index in [-0.39, 0.29) is 0 Å². The van der Waals surface area contributed by atoms with Crippen LogP contribution in [-0.4, -0.2) is 0 Å². The summed E-state index contributed by atoms with van der Waals surface area (Å²) in [4.78, 5) is 0. The van der Waals surface area contributed by atoms with Crippen molar-refractivity contribution in [3.8, 4) is 0 Å². The molecular weight excluding hydrogens is 218 g/mol. The first-order valence-electron chi connectivity index (χ1n) is 7.68. The summed E-state index contributed by atoms with van der Waals surface area (Å²) in [6.07, 6.45) is 14.1. The van der Waals surface area contributed by atoms with Gasteiger partial charge in [-0.2, -0.15) is 0 Å². The van der Waals surface area contributed by atoms with Gasteiger partial charge in [0.15, 0.2) is 0 Å². The van der Waals surface area contributed by atoms with E-state index >= 15 is 0 Å². The highest BCUT2D eigenvalue weighted by atomic mass is 14.6. The molecule has 1 aliphatic carbocycles. The van der Waals surface area contributed by atoms with E-state index in [0.29, 0.717) is 5.41 Å². The van der Waals surface area contributed by atoms with Gasteiger partial charge in [0.05, 0.1) is 0 Å². The predicted octanol–water partition coefficient (Wildman–Crippen LogP) is 5.33. The predicted molar refractivity (Wildman–Crippen MR) is 81.4 cm³/mol. The Hall–Kier alpha value is -0.720. The Morgan fingerprint density at radius 1 is 1.06 bits per heavy atom. The van der Waals surface area contributed by atoms with Crippen LogP contribution >= 0.6 is 0 Å². The standard InChI is InChI=1S/C17H31N/c1-4-5-6-7-10-15(2)13-17(14-16(3)18)11-8-9-12-17/h2-14,18H2,1H3. The third-order valence-electron chi connectivity index (χ3n) is 4.28. The van der Waals surface area contributed by atoms with E-state index in [1.54, 1.807) is 0 Å². The van der Waals surface area contributed by atoms with Crippen molar-refractivity contribution < 1.29 is 0 Å². The van der Waals surface area contributed by atoms with Crippen LogP contribution in [0.3, 0.4) is 0 Å². The lowest BCUT2D eigenvalue weighted by atomic mass is 9.76. The molecule has 1 rings (SSSR count). The minimum atomic E-state index is 0.410. The van der Waals surface area contributed by atoms with E-state index in [1.807, 2.05) is 0 Å². The van der Waals surface area contributed by atoms with Gasteiger partial charge in [0.2, 0.25) is 0 Å². The SMILES string of the molecule is C=C(N)CC1(CC(=C)CCCCCC)CCCC1. The highest BCUT2D eigenvalue weighted by molar-refractivity contribution is 5.06. The first-order valence-corrected chi connectivity index (χ1v) is 7.68. The fourth-order valence-electron chi connectivity index (χ4n) is 3.44. The Labute approximate surface area is 114 Å². The number of rotatable bonds is 9. The Bertz CT molecular complexity index is 271. The van der Waals surface area contributed by atoms with Crippen molar-refractivity contribution in [3.63, 3.8) is 0 Å². The van der Waals surface area contributed by atoms with Gasteiger partial charge in [-0.15, -0.1) is 0 Å². The summed E-state index contributed by atoms with van der Waals surface area (Å²) in [5.41, 5.74) is 8.56. The van der Waals surface area contributed by atoms with Gasteiger partial charge < -0.3 is 5.73 Å². The third-order valence-corrected chi connectivity index (χ3v) is 4.28. The summed E-state index contributed by atoms with van der Waals surface area (Å²) < 4.78 is 0. The molecule has 1 heteroatoms. The summed E-state index contributed by atoms with van der Waals surface area (Å²) in [7, 11) is 0. The van der Waals surface area contributed by atoms with Gasteiger partial charge in [-0.3, -0.25) is 0 Å². The van der Waals surface area contributed by atoms with Crippen molar-refractivity contribution in [2.45, 2.75) is 77.6 Å². The number of unbranched alkanes of at least 4 members (excludes halogenated alkanes) is 3. The van der Waals surface area contributed by atoms with Crippen molar-refractivity contribution in [2.24, 2.45) is 11.1 Å². The first kappa shape index (κ1) is 15.3. The van der Waals surface area contributed by atoms with Gasteiger partial charge >= 0.3 is 0 Å². The fraction of sp³-hybridized carbons (Fsp3) is 0.765. The van der Waals surface area contributed by atoms with Gasteiger partial charge in [-0.25, -0.2) is 0 Å². The molecule has 1 saturated carbocycles. The Balaban J connectivity index is 2.36. The van der Waals surface area contributed by atoms with Gasteiger partial charge in [0.1, 0.15) is 0 Å². The summed E-state index contributed by atoms with van der Waals surface area (Å²) in [6.45, 7) is 10.5. The number of hydrogen-bond donors (Lipinski definition) is 1. The summed E-state index contributed by atoms with van der Waals surface area (Å²) in [5, 5.41) is 0. The molecule has 0 aliphatic heterocycles. The lowest BCUT2D eigenvalue weighted by molar-refractivity contribution is 0.286. The minimum absolute atomic E-state index is 0.410. The zero-order valence-corrected chi connectivity index (χ0v) is 12.3. The number of allylic oxidation sites excluding steroid dienone is 2. The van der Waals surface area contributed by atoms with E-state index in [0.717, 1.165) is 12.1 Å². The highest BCUT2D eigenvalue weighted by Gasteiger charge is 2.34. The average molecular weight is 249 g/mol. The van der Waals surface area contributed by atoms with Crippen molar-refractivity contribution in [1.29, 1.82) is 0 Å². The second-order valence-corrected chi connectivity index (χ2v) is 6.28. The third kappa shape index (κ3) is 5.29. The van der Waals surface area contributed by atoms with Crippen LogP contribution in [0.5, 0.6) is 0 Å². The van der Waals surface area contributed by atoms with Gasteiger partial charge in [0.25, 0.3) is 0 Å². The largest absolute Gasteiger partial charge is 0.402 e. The maximum atomic E-state index is 5.85. The zero-order chi connectivity index (χ0) is 13.4. The minimum Gasteiger partial charge on any atom is -0.402 e. The smallest absolute Gasteiger partial charge is 0.00131 e. The van der Waals surface area contributed by atoms with E-state index in [9.17, 15) is 0 Å². The molecule has 0 radical (unpaired) electrons. The molecular formula is C17H31N. The molecule has 1 fully saturated rings. The Morgan fingerprint density at radius 3 is 2.28 bits per heavy atom. The number of hydrogen-bond acceptors (Lipinski definition) is 1. The lowest BCUT2D eigenvalue weighted by Gasteiger charge is -2.30. The molecule has 18 heavy (non-hydrogen) atoms. The van der Waals surface area contributed by atoms with Crippen molar-refractivity contribution in [1.82, 2.24) is 0 Å². The van der Waals surface area contributed by atoms with E-state index < -0.39 is 0 Å². The lowest BCUT2D eigenvalue weighted by Crippen LogP contribution is -2.20. The molecule has 0 spiro atoms. The molecule has 1 nitrogen and oxygen atoms in total. The quantitative estimate of drug-likeness (QED) is 0.434. The van der Waals surface area contributed by atoms with Crippen LogP contribution < -0.4 is 5.73 Å². The van der Waals surface area contributed by atoms with Crippen LogP contribution in [0.25, 0.3) is 0 Å². The normalized spacial score (nSPS) is 17.8. The van der Waals surface area contributed by atoms with Crippen molar-refractivity contribution >= 4 is 0 Å². The van der Waals surface area contributed by atoms with Crippen molar-refractivity contribution in [3.05, 3.63) is 24.4 Å². The molecule has 0 aromatic carbocycles. The molecule has 104 valence electrons. The molecule has 0 heterocycles. The van der Waals surface area contributed by atoms with E-state index in [2.05, 4.69) is 20.1 Å². The van der Waals surface area contributed by atoms with E-state index in [1.165, 1.54) is 69.8 Å². The van der Waals surface area contributed by atoms with Crippen LogP contribution in [0.1, 0.15) is 77.6 Å². The second-order valence-electron chi connectivity index (χ2n) is 6.28. The molecule has 2 N–H and O–H groups in total. The molecule has 0 bridgehead atoms. The van der Waals surface area contributed by atoms with E-state index in [4.69, 9.17) is 5.73 Å². The topological polar surface area (TPSA) is 26.0 Å². The maximum Gasteiger partial charge on any atom is 0.00131 e. The maximum absolute atomic E-state index is 5.85. The fourth-order valence-corrected chi connectivity index (χ4v) is 3.44. The molecule has 0 atom stereocenters. The van der Waals surface area contributed by atoms with Crippen molar-refractivity contribution in [2.75, 3.05) is 0 Å². The average Bonchev–Trinajstić information content (AvgIpc) is 2.71. The Morgan fingerprint density at radius 2 is 1.72 bits per heavy atom. The summed E-state index contributed by atoms with van der Waals surface area (Å²) in [6, 6.07) is 0. The summed E-state index contributed by atoms with van der Waals surface area (Å²) in [5.74, 6) is 0. The number of nitrogens with two attached hydrogens (primary N) is 1. The molecule has 0 aromatic rings. The molecule has 0 amide bonds. The van der Waals surface area contributed by atoms with Crippen LogP contribution in [0.2, 0.25) is 0 Å².